The fraction of sp³-hybridized carbons (Fsp3) is 0.394. The number of carbonyl (C=O) groups is 1. The molecule has 0 unspecified atom stereocenters. The largest absolute Gasteiger partial charge is 0.399 e. The molecule has 0 bridgehead atoms. The first kappa shape index (κ1) is 26.9. The summed E-state index contributed by atoms with van der Waals surface area (Å²) in [5.41, 5.74) is 12.4. The standard InChI is InChI=1S/C33H40N4O2/c1-24(21-25-10-12-26(13-11-25)27-14-16-29(34)17-15-27)22-32(38)36-18-5-7-28(23-36)33-35-30-8-3-4-9-31(30)37(33)19-6-20-39-2/h3-4,8-17,24,28H,5-7,18-23,34H2,1-2H3/t24-,28-/m1/s1. The number of piperidine rings is 1. The molecule has 204 valence electrons. The monoisotopic (exact) mass is 524 g/mol. The van der Waals surface area contributed by atoms with E-state index in [0.29, 0.717) is 6.42 Å². The van der Waals surface area contributed by atoms with Crippen molar-refractivity contribution in [2.75, 3.05) is 32.5 Å². The molecular weight excluding hydrogens is 484 g/mol. The Morgan fingerprint density at radius 1 is 1.05 bits per heavy atom. The number of carbonyl (C=O) groups excluding carboxylic acids is 1. The molecule has 1 aliphatic heterocycles. The molecule has 0 spiro atoms. The molecule has 2 heterocycles. The average molecular weight is 525 g/mol. The number of hydrogen-bond acceptors (Lipinski definition) is 4. The van der Waals surface area contributed by atoms with Crippen molar-refractivity contribution in [3.63, 3.8) is 0 Å². The number of aromatic nitrogens is 2. The first-order valence-electron chi connectivity index (χ1n) is 14.2. The summed E-state index contributed by atoms with van der Waals surface area (Å²) in [4.78, 5) is 20.5. The minimum Gasteiger partial charge on any atom is -0.399 e. The molecular formula is C33H40N4O2. The summed E-state index contributed by atoms with van der Waals surface area (Å²) in [7, 11) is 1.75. The Hall–Kier alpha value is -3.64. The number of nitrogens with zero attached hydrogens (tertiary/aromatic N) is 3. The van der Waals surface area contributed by atoms with E-state index >= 15 is 0 Å². The van der Waals surface area contributed by atoms with Crippen molar-refractivity contribution in [1.29, 1.82) is 0 Å². The Morgan fingerprint density at radius 3 is 2.51 bits per heavy atom. The molecule has 1 saturated heterocycles. The molecule has 1 amide bonds. The third-order valence-electron chi connectivity index (χ3n) is 7.86. The number of ether oxygens (including phenoxy) is 1. The SMILES string of the molecule is COCCCn1c([C@@H]2CCCN(C(=O)C[C@H](C)Cc3ccc(-c4ccc(N)cc4)cc3)C2)nc2ccccc21. The van der Waals surface area contributed by atoms with Gasteiger partial charge in [0.05, 0.1) is 11.0 Å². The number of para-hydroxylation sites is 2. The molecule has 2 atom stereocenters. The molecule has 6 nitrogen and oxygen atoms in total. The quantitative estimate of drug-likeness (QED) is 0.195. The van der Waals surface area contributed by atoms with Crippen LogP contribution in [0.4, 0.5) is 5.69 Å². The minimum atomic E-state index is 0.257. The van der Waals surface area contributed by atoms with Crippen LogP contribution in [0.2, 0.25) is 0 Å². The predicted molar refractivity (Wildman–Crippen MR) is 159 cm³/mol. The maximum absolute atomic E-state index is 13.4. The van der Waals surface area contributed by atoms with E-state index in [9.17, 15) is 4.79 Å². The number of imidazole rings is 1. The molecule has 1 fully saturated rings. The summed E-state index contributed by atoms with van der Waals surface area (Å²) in [6.07, 6.45) is 4.47. The fourth-order valence-electron chi connectivity index (χ4n) is 5.83. The summed E-state index contributed by atoms with van der Waals surface area (Å²) in [6, 6.07) is 25.0. The Kier molecular flexibility index (Phi) is 8.62. The molecule has 2 N–H and O–H groups in total. The zero-order chi connectivity index (χ0) is 27.2. The normalized spacial score (nSPS) is 16.5. The number of nitrogen functional groups attached to an aromatic ring is 1. The van der Waals surface area contributed by atoms with Crippen LogP contribution < -0.4 is 5.73 Å². The molecule has 1 aromatic heterocycles. The molecule has 1 aliphatic rings. The van der Waals surface area contributed by atoms with Crippen molar-refractivity contribution in [2.24, 2.45) is 5.92 Å². The lowest BCUT2D eigenvalue weighted by Gasteiger charge is -2.33. The van der Waals surface area contributed by atoms with Crippen LogP contribution in [0.25, 0.3) is 22.2 Å². The van der Waals surface area contributed by atoms with Gasteiger partial charge in [-0.05, 0) is 72.6 Å². The van der Waals surface area contributed by atoms with E-state index in [4.69, 9.17) is 15.5 Å². The number of benzene rings is 3. The van der Waals surface area contributed by atoms with Crippen molar-refractivity contribution in [3.05, 3.63) is 84.2 Å². The van der Waals surface area contributed by atoms with E-state index in [1.165, 1.54) is 16.6 Å². The Labute approximate surface area is 231 Å². The lowest BCUT2D eigenvalue weighted by Crippen LogP contribution is -2.40. The lowest BCUT2D eigenvalue weighted by molar-refractivity contribution is -0.133. The molecule has 5 rings (SSSR count). The highest BCUT2D eigenvalue weighted by atomic mass is 16.5. The number of fused-ring (bicyclic) bond motifs is 1. The fourth-order valence-corrected chi connectivity index (χ4v) is 5.83. The van der Waals surface area contributed by atoms with Gasteiger partial charge in [-0.3, -0.25) is 4.79 Å². The highest BCUT2D eigenvalue weighted by Crippen LogP contribution is 2.30. The van der Waals surface area contributed by atoms with Gasteiger partial charge in [0, 0.05) is 51.4 Å². The van der Waals surface area contributed by atoms with Crippen LogP contribution in [-0.2, 0) is 22.5 Å². The summed E-state index contributed by atoms with van der Waals surface area (Å²) in [6.45, 7) is 5.37. The van der Waals surface area contributed by atoms with Gasteiger partial charge in [0.2, 0.25) is 5.91 Å². The number of nitrogens with two attached hydrogens (primary N) is 1. The third kappa shape index (κ3) is 6.51. The molecule has 3 aromatic carbocycles. The molecule has 39 heavy (non-hydrogen) atoms. The lowest BCUT2D eigenvalue weighted by atomic mass is 9.93. The maximum Gasteiger partial charge on any atom is 0.222 e. The van der Waals surface area contributed by atoms with Crippen LogP contribution in [0, 0.1) is 5.92 Å². The number of rotatable bonds is 10. The molecule has 4 aromatic rings. The van der Waals surface area contributed by atoms with E-state index in [1.807, 2.05) is 30.3 Å². The molecule has 0 radical (unpaired) electrons. The van der Waals surface area contributed by atoms with Gasteiger partial charge >= 0.3 is 0 Å². The Balaban J connectivity index is 1.21. The number of hydrogen-bond donors (Lipinski definition) is 1. The first-order valence-corrected chi connectivity index (χ1v) is 14.2. The van der Waals surface area contributed by atoms with Gasteiger partial charge in [-0.15, -0.1) is 0 Å². The van der Waals surface area contributed by atoms with Crippen molar-refractivity contribution >= 4 is 22.6 Å². The van der Waals surface area contributed by atoms with E-state index in [-0.39, 0.29) is 17.7 Å². The molecule has 6 heteroatoms. The minimum absolute atomic E-state index is 0.257. The summed E-state index contributed by atoms with van der Waals surface area (Å²) in [5.74, 6) is 1.90. The highest BCUT2D eigenvalue weighted by molar-refractivity contribution is 5.77. The van der Waals surface area contributed by atoms with Crippen LogP contribution in [0.15, 0.2) is 72.8 Å². The van der Waals surface area contributed by atoms with Gasteiger partial charge in [-0.2, -0.15) is 0 Å². The summed E-state index contributed by atoms with van der Waals surface area (Å²) in [5, 5.41) is 0. The van der Waals surface area contributed by atoms with Gasteiger partial charge in [-0.1, -0.05) is 55.5 Å². The van der Waals surface area contributed by atoms with Gasteiger partial charge < -0.3 is 19.9 Å². The number of anilines is 1. The molecule has 0 aliphatic carbocycles. The van der Waals surface area contributed by atoms with Crippen molar-refractivity contribution in [2.45, 2.75) is 51.5 Å². The predicted octanol–water partition coefficient (Wildman–Crippen LogP) is 6.30. The van der Waals surface area contributed by atoms with Crippen LogP contribution in [0.5, 0.6) is 0 Å². The topological polar surface area (TPSA) is 73.4 Å². The van der Waals surface area contributed by atoms with Crippen LogP contribution in [-0.4, -0.2) is 47.2 Å². The number of methoxy groups -OCH3 is 1. The van der Waals surface area contributed by atoms with Gasteiger partial charge in [0.1, 0.15) is 5.82 Å². The van der Waals surface area contributed by atoms with Crippen LogP contribution >= 0.6 is 0 Å². The van der Waals surface area contributed by atoms with Gasteiger partial charge in [0.25, 0.3) is 0 Å². The summed E-state index contributed by atoms with van der Waals surface area (Å²) < 4.78 is 7.66. The van der Waals surface area contributed by atoms with E-state index < -0.39 is 0 Å². The van der Waals surface area contributed by atoms with Crippen LogP contribution in [0.3, 0.4) is 0 Å². The first-order chi connectivity index (χ1) is 19.0. The van der Waals surface area contributed by atoms with E-state index in [0.717, 1.165) is 74.5 Å². The zero-order valence-electron chi connectivity index (χ0n) is 23.2. The Bertz CT molecular complexity index is 1380. The second-order valence-electron chi connectivity index (χ2n) is 11.0. The number of likely N-dealkylation sites (tertiary alicyclic amines) is 1. The van der Waals surface area contributed by atoms with Gasteiger partial charge in [0.15, 0.2) is 0 Å². The Morgan fingerprint density at radius 2 is 1.77 bits per heavy atom. The number of amides is 1. The second kappa shape index (κ2) is 12.5. The van der Waals surface area contributed by atoms with Crippen LogP contribution in [0.1, 0.15) is 49.9 Å². The second-order valence-corrected chi connectivity index (χ2v) is 11.0. The summed E-state index contributed by atoms with van der Waals surface area (Å²) >= 11 is 0. The highest BCUT2D eigenvalue weighted by Gasteiger charge is 2.29. The van der Waals surface area contributed by atoms with Gasteiger partial charge in [-0.25, -0.2) is 4.98 Å². The smallest absolute Gasteiger partial charge is 0.222 e. The average Bonchev–Trinajstić information content (AvgIpc) is 3.33. The van der Waals surface area contributed by atoms with Crippen molar-refractivity contribution in [3.8, 4) is 11.1 Å². The number of aryl methyl sites for hydroxylation is 1. The van der Waals surface area contributed by atoms with E-state index in [2.05, 4.69) is 58.9 Å². The van der Waals surface area contributed by atoms with E-state index in [1.54, 1.807) is 7.11 Å². The van der Waals surface area contributed by atoms with Crippen molar-refractivity contribution in [1.82, 2.24) is 14.5 Å². The zero-order valence-corrected chi connectivity index (χ0v) is 23.2. The van der Waals surface area contributed by atoms with Crippen molar-refractivity contribution < 1.29 is 9.53 Å². The third-order valence-corrected chi connectivity index (χ3v) is 7.86. The molecule has 0 saturated carbocycles. The maximum atomic E-state index is 13.4.